The van der Waals surface area contributed by atoms with Gasteiger partial charge in [-0.1, -0.05) is 31.3 Å². The van der Waals surface area contributed by atoms with E-state index in [4.69, 9.17) is 0 Å². The number of aromatic nitrogens is 2. The number of hydrogen-bond acceptors (Lipinski definition) is 5. The van der Waals surface area contributed by atoms with Gasteiger partial charge in [0.15, 0.2) is 0 Å². The van der Waals surface area contributed by atoms with E-state index >= 15 is 0 Å². The third kappa shape index (κ3) is 4.27. The van der Waals surface area contributed by atoms with Crippen LogP contribution in [0, 0.1) is 13.8 Å². The Labute approximate surface area is 135 Å². The molecule has 0 spiro atoms. The summed E-state index contributed by atoms with van der Waals surface area (Å²) in [6.45, 7) is 8.10. The number of amides is 1. The van der Waals surface area contributed by atoms with Crippen LogP contribution in [-0.2, 0) is 11.2 Å². The number of anilines is 2. The van der Waals surface area contributed by atoms with E-state index in [1.54, 1.807) is 0 Å². The fourth-order valence-corrected chi connectivity index (χ4v) is 2.93. The molecule has 1 amide bonds. The van der Waals surface area contributed by atoms with Crippen LogP contribution in [0.4, 0.5) is 10.8 Å². The lowest BCUT2D eigenvalue weighted by Gasteiger charge is -2.17. The van der Waals surface area contributed by atoms with Gasteiger partial charge in [-0.05, 0) is 49.9 Å². The topological polar surface area (TPSA) is 66.9 Å². The number of nitrogens with zero attached hydrogens (tertiary/aromatic N) is 2. The third-order valence-corrected chi connectivity index (χ3v) is 4.27. The normalized spacial score (nSPS) is 12.0. The standard InChI is InChI=1S/C16H22N4OS/c1-5-13(17-12-8-10(3)7-11(4)9-12)15(21)18-16-20-19-14(6-2)22-16/h7-9,13,17H,5-6H2,1-4H3,(H,18,20,21)/t13-/m0/s1. The molecular weight excluding hydrogens is 296 g/mol. The van der Waals surface area contributed by atoms with Gasteiger partial charge in [0.1, 0.15) is 11.0 Å². The summed E-state index contributed by atoms with van der Waals surface area (Å²) < 4.78 is 0. The zero-order valence-corrected chi connectivity index (χ0v) is 14.3. The van der Waals surface area contributed by atoms with E-state index in [1.165, 1.54) is 22.5 Å². The molecule has 2 N–H and O–H groups in total. The van der Waals surface area contributed by atoms with Crippen molar-refractivity contribution in [3.63, 3.8) is 0 Å². The van der Waals surface area contributed by atoms with Gasteiger partial charge in [-0.15, -0.1) is 10.2 Å². The van der Waals surface area contributed by atoms with Crippen molar-refractivity contribution in [1.82, 2.24) is 10.2 Å². The van der Waals surface area contributed by atoms with E-state index in [2.05, 4.69) is 26.9 Å². The highest BCUT2D eigenvalue weighted by molar-refractivity contribution is 7.15. The second kappa shape index (κ2) is 7.35. The number of aryl methyl sites for hydroxylation is 3. The highest BCUT2D eigenvalue weighted by Gasteiger charge is 2.18. The maximum Gasteiger partial charge on any atom is 0.248 e. The summed E-state index contributed by atoms with van der Waals surface area (Å²) in [7, 11) is 0. The molecule has 0 aliphatic heterocycles. The van der Waals surface area contributed by atoms with Gasteiger partial charge in [0, 0.05) is 5.69 Å². The summed E-state index contributed by atoms with van der Waals surface area (Å²) in [5.74, 6) is -0.0829. The van der Waals surface area contributed by atoms with Gasteiger partial charge in [0.2, 0.25) is 11.0 Å². The summed E-state index contributed by atoms with van der Waals surface area (Å²) >= 11 is 1.42. The molecule has 0 bridgehead atoms. The van der Waals surface area contributed by atoms with Gasteiger partial charge in [-0.3, -0.25) is 10.1 Å². The van der Waals surface area contributed by atoms with E-state index in [0.29, 0.717) is 11.6 Å². The van der Waals surface area contributed by atoms with Crippen molar-refractivity contribution in [1.29, 1.82) is 0 Å². The van der Waals surface area contributed by atoms with Crippen molar-refractivity contribution < 1.29 is 4.79 Å². The molecule has 2 rings (SSSR count). The van der Waals surface area contributed by atoms with Crippen LogP contribution >= 0.6 is 11.3 Å². The monoisotopic (exact) mass is 318 g/mol. The van der Waals surface area contributed by atoms with E-state index in [9.17, 15) is 4.79 Å². The molecule has 1 aromatic carbocycles. The number of nitrogens with one attached hydrogen (secondary N) is 2. The highest BCUT2D eigenvalue weighted by atomic mass is 32.1. The Balaban J connectivity index is 2.05. The van der Waals surface area contributed by atoms with Crippen LogP contribution in [0.5, 0.6) is 0 Å². The van der Waals surface area contributed by atoms with E-state index < -0.39 is 0 Å². The summed E-state index contributed by atoms with van der Waals surface area (Å²) in [6.07, 6.45) is 1.52. The Kier molecular flexibility index (Phi) is 5.49. The minimum atomic E-state index is -0.296. The molecule has 5 nitrogen and oxygen atoms in total. The molecule has 6 heteroatoms. The molecule has 0 aliphatic rings. The minimum Gasteiger partial charge on any atom is -0.374 e. The van der Waals surface area contributed by atoms with Crippen LogP contribution in [0.15, 0.2) is 18.2 Å². The summed E-state index contributed by atoms with van der Waals surface area (Å²) in [6, 6.07) is 5.90. The lowest BCUT2D eigenvalue weighted by Crippen LogP contribution is -2.34. The lowest BCUT2D eigenvalue weighted by molar-refractivity contribution is -0.117. The van der Waals surface area contributed by atoms with Crippen molar-refractivity contribution in [2.45, 2.75) is 46.6 Å². The maximum atomic E-state index is 12.4. The van der Waals surface area contributed by atoms with Crippen LogP contribution in [0.25, 0.3) is 0 Å². The molecule has 0 aliphatic carbocycles. The van der Waals surface area contributed by atoms with Crippen molar-refractivity contribution in [2.24, 2.45) is 0 Å². The molecule has 1 heterocycles. The number of benzene rings is 1. The van der Waals surface area contributed by atoms with Crippen LogP contribution in [-0.4, -0.2) is 22.1 Å². The highest BCUT2D eigenvalue weighted by Crippen LogP contribution is 2.18. The Bertz CT molecular complexity index is 633. The quantitative estimate of drug-likeness (QED) is 0.855. The molecule has 1 atom stereocenters. The molecular formula is C16H22N4OS. The number of rotatable bonds is 6. The average molecular weight is 318 g/mol. The first-order valence-corrected chi connectivity index (χ1v) is 8.31. The molecule has 118 valence electrons. The Morgan fingerprint density at radius 1 is 1.18 bits per heavy atom. The van der Waals surface area contributed by atoms with Gasteiger partial charge in [-0.25, -0.2) is 0 Å². The second-order valence-corrected chi connectivity index (χ2v) is 6.39. The van der Waals surface area contributed by atoms with E-state index in [0.717, 1.165) is 17.1 Å². The van der Waals surface area contributed by atoms with Crippen LogP contribution in [0.3, 0.4) is 0 Å². The second-order valence-electron chi connectivity index (χ2n) is 5.33. The molecule has 22 heavy (non-hydrogen) atoms. The predicted molar refractivity (Wildman–Crippen MR) is 91.5 cm³/mol. The van der Waals surface area contributed by atoms with Crippen molar-refractivity contribution in [2.75, 3.05) is 10.6 Å². The Hall–Kier alpha value is -1.95. The Morgan fingerprint density at radius 3 is 2.41 bits per heavy atom. The summed E-state index contributed by atoms with van der Waals surface area (Å²) in [5, 5.41) is 15.6. The van der Waals surface area contributed by atoms with Crippen LogP contribution in [0.1, 0.15) is 36.4 Å². The predicted octanol–water partition coefficient (Wildman–Crippen LogP) is 3.55. The first kappa shape index (κ1) is 16.4. The SMILES string of the molecule is CCc1nnc(NC(=O)[C@H](CC)Nc2cc(C)cc(C)c2)s1. The smallest absolute Gasteiger partial charge is 0.248 e. The largest absolute Gasteiger partial charge is 0.374 e. The van der Waals surface area contributed by atoms with Gasteiger partial charge in [-0.2, -0.15) is 0 Å². The molecule has 2 aromatic rings. The number of carbonyl (C=O) groups is 1. The molecule has 0 saturated carbocycles. The lowest BCUT2D eigenvalue weighted by atomic mass is 10.1. The third-order valence-electron chi connectivity index (χ3n) is 3.29. The van der Waals surface area contributed by atoms with Crippen LogP contribution < -0.4 is 10.6 Å². The minimum absolute atomic E-state index is 0.0829. The average Bonchev–Trinajstić information content (AvgIpc) is 2.91. The number of hydrogen-bond donors (Lipinski definition) is 2. The van der Waals surface area contributed by atoms with E-state index in [1.807, 2.05) is 39.8 Å². The molecule has 1 aromatic heterocycles. The Morgan fingerprint density at radius 2 is 1.86 bits per heavy atom. The van der Waals surface area contributed by atoms with Gasteiger partial charge in [0.25, 0.3) is 0 Å². The first-order valence-electron chi connectivity index (χ1n) is 7.50. The van der Waals surface area contributed by atoms with Crippen molar-refractivity contribution >= 4 is 28.1 Å². The fourth-order valence-electron chi connectivity index (χ4n) is 2.25. The zero-order chi connectivity index (χ0) is 16.1. The summed E-state index contributed by atoms with van der Waals surface area (Å²) in [4.78, 5) is 12.4. The molecule has 0 radical (unpaired) electrons. The van der Waals surface area contributed by atoms with Gasteiger partial charge in [0.05, 0.1) is 0 Å². The molecule has 0 saturated heterocycles. The van der Waals surface area contributed by atoms with Crippen LogP contribution in [0.2, 0.25) is 0 Å². The summed E-state index contributed by atoms with van der Waals surface area (Å²) in [5.41, 5.74) is 3.31. The fraction of sp³-hybridized carbons (Fsp3) is 0.438. The number of carbonyl (C=O) groups excluding carboxylic acids is 1. The van der Waals surface area contributed by atoms with Gasteiger partial charge >= 0.3 is 0 Å². The molecule has 0 unspecified atom stereocenters. The van der Waals surface area contributed by atoms with Crippen molar-refractivity contribution in [3.8, 4) is 0 Å². The van der Waals surface area contributed by atoms with Gasteiger partial charge < -0.3 is 5.32 Å². The maximum absolute atomic E-state index is 12.4. The molecule has 0 fully saturated rings. The van der Waals surface area contributed by atoms with Crippen molar-refractivity contribution in [3.05, 3.63) is 34.3 Å². The van der Waals surface area contributed by atoms with E-state index in [-0.39, 0.29) is 11.9 Å². The first-order chi connectivity index (χ1) is 10.5. The zero-order valence-electron chi connectivity index (χ0n) is 13.4.